The van der Waals surface area contributed by atoms with Gasteiger partial charge in [-0.15, -0.1) is 5.10 Å². The molecule has 0 unspecified atom stereocenters. The van der Waals surface area contributed by atoms with Crippen LogP contribution in [0, 0.1) is 5.92 Å². The van der Waals surface area contributed by atoms with Crippen molar-refractivity contribution in [3.05, 3.63) is 11.9 Å². The number of hydrogen-bond acceptors (Lipinski definition) is 3. The van der Waals surface area contributed by atoms with Crippen molar-refractivity contribution in [3.8, 4) is 0 Å². The van der Waals surface area contributed by atoms with Crippen LogP contribution in [0.2, 0.25) is 0 Å². The average Bonchev–Trinajstić information content (AvgIpc) is 2.32. The Morgan fingerprint density at radius 1 is 1.54 bits per heavy atom. The van der Waals surface area contributed by atoms with E-state index in [0.717, 1.165) is 6.54 Å². The third kappa shape index (κ3) is 2.81. The van der Waals surface area contributed by atoms with Gasteiger partial charge in [0.1, 0.15) is 11.3 Å². The van der Waals surface area contributed by atoms with Gasteiger partial charge in [0.05, 0.1) is 6.20 Å². The fraction of sp³-hybridized carbons (Fsp3) is 0.778. The van der Waals surface area contributed by atoms with Crippen LogP contribution in [0.1, 0.15) is 33.4 Å². The van der Waals surface area contributed by atoms with Crippen molar-refractivity contribution in [3.63, 3.8) is 0 Å². The van der Waals surface area contributed by atoms with Gasteiger partial charge in [0.15, 0.2) is 0 Å². The lowest BCUT2D eigenvalue weighted by Crippen LogP contribution is -2.15. The van der Waals surface area contributed by atoms with Crippen molar-refractivity contribution in [1.29, 1.82) is 0 Å². The molecule has 0 radical (unpaired) electrons. The Hall–Kier alpha value is -0.900. The van der Waals surface area contributed by atoms with Crippen LogP contribution in [0.25, 0.3) is 0 Å². The molecule has 0 aliphatic carbocycles. The van der Waals surface area contributed by atoms with Gasteiger partial charge in [-0.1, -0.05) is 19.1 Å². The lowest BCUT2D eigenvalue weighted by atomic mass is 10.1. The average molecular weight is 183 g/mol. The lowest BCUT2D eigenvalue weighted by Gasteiger charge is -2.11. The number of rotatable bonds is 3. The van der Waals surface area contributed by atoms with Gasteiger partial charge in [-0.05, 0) is 19.8 Å². The summed E-state index contributed by atoms with van der Waals surface area (Å²) in [7, 11) is 0. The molecule has 0 saturated heterocycles. The molecule has 13 heavy (non-hydrogen) atoms. The second-order valence-corrected chi connectivity index (χ2v) is 4.28. The molecule has 0 spiro atoms. The van der Waals surface area contributed by atoms with Gasteiger partial charge in [-0.25, -0.2) is 0 Å². The predicted octanol–water partition coefficient (Wildman–Crippen LogP) is 1.16. The zero-order chi connectivity index (χ0) is 10.1. The first kappa shape index (κ1) is 10.2. The number of aromatic nitrogens is 3. The summed E-state index contributed by atoms with van der Waals surface area (Å²) in [6.07, 6.45) is 1.79. The summed E-state index contributed by atoms with van der Waals surface area (Å²) in [5.41, 5.74) is -0.275. The minimum Gasteiger partial charge on any atom is -0.384 e. The highest BCUT2D eigenvalue weighted by Gasteiger charge is 2.19. The lowest BCUT2D eigenvalue weighted by molar-refractivity contribution is 0.0737. The van der Waals surface area contributed by atoms with Gasteiger partial charge in [0.25, 0.3) is 0 Å². The SMILES string of the molecule is CC(C)Cn1cc(C(C)(C)O)nn1. The first-order valence-electron chi connectivity index (χ1n) is 4.52. The van der Waals surface area contributed by atoms with Crippen LogP contribution in [0.15, 0.2) is 6.20 Å². The zero-order valence-corrected chi connectivity index (χ0v) is 8.65. The molecule has 1 heterocycles. The van der Waals surface area contributed by atoms with Gasteiger partial charge < -0.3 is 5.11 Å². The van der Waals surface area contributed by atoms with Gasteiger partial charge in [0, 0.05) is 6.54 Å². The Bertz CT molecular complexity index is 273. The Balaban J connectivity index is 2.75. The summed E-state index contributed by atoms with van der Waals surface area (Å²) in [5.74, 6) is 0.538. The quantitative estimate of drug-likeness (QED) is 0.765. The third-order valence-electron chi connectivity index (χ3n) is 1.72. The monoisotopic (exact) mass is 183 g/mol. The van der Waals surface area contributed by atoms with Gasteiger partial charge in [-0.3, -0.25) is 4.68 Å². The highest BCUT2D eigenvalue weighted by atomic mass is 16.3. The summed E-state index contributed by atoms with van der Waals surface area (Å²) in [6, 6.07) is 0. The Morgan fingerprint density at radius 2 is 2.15 bits per heavy atom. The molecule has 0 aromatic carbocycles. The minimum absolute atomic E-state index is 0.538. The number of hydrogen-bond donors (Lipinski definition) is 1. The number of nitrogens with zero attached hydrogens (tertiary/aromatic N) is 3. The second-order valence-electron chi connectivity index (χ2n) is 4.28. The summed E-state index contributed by atoms with van der Waals surface area (Å²) >= 11 is 0. The molecule has 1 N–H and O–H groups in total. The summed E-state index contributed by atoms with van der Waals surface area (Å²) in [6.45, 7) is 8.48. The maximum absolute atomic E-state index is 9.62. The van der Waals surface area contributed by atoms with E-state index in [4.69, 9.17) is 0 Å². The zero-order valence-electron chi connectivity index (χ0n) is 8.65. The molecule has 0 fully saturated rings. The van der Waals surface area contributed by atoms with Gasteiger partial charge in [-0.2, -0.15) is 0 Å². The Labute approximate surface area is 78.6 Å². The fourth-order valence-electron chi connectivity index (χ4n) is 1.04. The molecule has 0 amide bonds. The molecule has 0 bridgehead atoms. The largest absolute Gasteiger partial charge is 0.384 e. The first-order valence-corrected chi connectivity index (χ1v) is 4.52. The minimum atomic E-state index is -0.894. The van der Waals surface area contributed by atoms with E-state index >= 15 is 0 Å². The maximum Gasteiger partial charge on any atom is 0.114 e. The van der Waals surface area contributed by atoms with Crippen LogP contribution in [-0.4, -0.2) is 20.1 Å². The molecule has 4 nitrogen and oxygen atoms in total. The molecule has 1 rings (SSSR count). The van der Waals surface area contributed by atoms with Crippen molar-refractivity contribution >= 4 is 0 Å². The van der Waals surface area contributed by atoms with E-state index in [1.165, 1.54) is 0 Å². The highest BCUT2D eigenvalue weighted by molar-refractivity contribution is 5.02. The van der Waals surface area contributed by atoms with Crippen LogP contribution < -0.4 is 0 Å². The Kier molecular flexibility index (Phi) is 2.71. The van der Waals surface area contributed by atoms with Crippen LogP contribution in [0.3, 0.4) is 0 Å². The molecule has 0 aliphatic rings. The highest BCUT2D eigenvalue weighted by Crippen LogP contribution is 2.15. The molecule has 0 atom stereocenters. The van der Waals surface area contributed by atoms with E-state index in [1.54, 1.807) is 24.7 Å². The van der Waals surface area contributed by atoms with E-state index in [2.05, 4.69) is 24.2 Å². The predicted molar refractivity (Wildman–Crippen MR) is 50.1 cm³/mol. The molecule has 4 heteroatoms. The van der Waals surface area contributed by atoms with Crippen LogP contribution in [-0.2, 0) is 12.1 Å². The fourth-order valence-corrected chi connectivity index (χ4v) is 1.04. The molecular formula is C9H17N3O. The standard InChI is InChI=1S/C9H17N3O/c1-7(2)5-12-6-8(10-11-12)9(3,4)13/h6-7,13H,5H2,1-4H3. The van der Waals surface area contributed by atoms with Crippen molar-refractivity contribution in [1.82, 2.24) is 15.0 Å². The van der Waals surface area contributed by atoms with Crippen molar-refractivity contribution < 1.29 is 5.11 Å². The summed E-state index contributed by atoms with van der Waals surface area (Å²) in [4.78, 5) is 0. The second kappa shape index (κ2) is 3.46. The Morgan fingerprint density at radius 3 is 2.54 bits per heavy atom. The van der Waals surface area contributed by atoms with Crippen molar-refractivity contribution in [2.24, 2.45) is 5.92 Å². The first-order chi connectivity index (χ1) is 5.89. The smallest absolute Gasteiger partial charge is 0.114 e. The van der Waals surface area contributed by atoms with E-state index < -0.39 is 5.60 Å². The summed E-state index contributed by atoms with van der Waals surface area (Å²) < 4.78 is 1.76. The van der Waals surface area contributed by atoms with E-state index in [1.807, 2.05) is 0 Å². The van der Waals surface area contributed by atoms with Crippen LogP contribution >= 0.6 is 0 Å². The molecule has 1 aromatic heterocycles. The van der Waals surface area contributed by atoms with E-state index in [9.17, 15) is 5.11 Å². The normalized spacial score (nSPS) is 12.5. The molecule has 74 valence electrons. The molecule has 1 aromatic rings. The summed E-state index contributed by atoms with van der Waals surface area (Å²) in [5, 5.41) is 17.5. The van der Waals surface area contributed by atoms with E-state index in [0.29, 0.717) is 11.6 Å². The molecule has 0 saturated carbocycles. The van der Waals surface area contributed by atoms with Crippen molar-refractivity contribution in [2.45, 2.75) is 39.8 Å². The topological polar surface area (TPSA) is 50.9 Å². The molecular weight excluding hydrogens is 166 g/mol. The molecule has 0 aliphatic heterocycles. The van der Waals surface area contributed by atoms with Crippen LogP contribution in [0.5, 0.6) is 0 Å². The van der Waals surface area contributed by atoms with Gasteiger partial charge >= 0.3 is 0 Å². The third-order valence-corrected chi connectivity index (χ3v) is 1.72. The van der Waals surface area contributed by atoms with E-state index in [-0.39, 0.29) is 0 Å². The number of aliphatic hydroxyl groups is 1. The van der Waals surface area contributed by atoms with Crippen LogP contribution in [0.4, 0.5) is 0 Å². The van der Waals surface area contributed by atoms with Crippen molar-refractivity contribution in [2.75, 3.05) is 0 Å². The van der Waals surface area contributed by atoms with Gasteiger partial charge in [0.2, 0.25) is 0 Å². The maximum atomic E-state index is 9.62.